The highest BCUT2D eigenvalue weighted by Gasteiger charge is 2.12. The summed E-state index contributed by atoms with van der Waals surface area (Å²) in [6, 6.07) is 19.3. The van der Waals surface area contributed by atoms with Crippen LogP contribution < -0.4 is 10.1 Å². The molecule has 0 atom stereocenters. The van der Waals surface area contributed by atoms with Crippen molar-refractivity contribution in [3.05, 3.63) is 78.0 Å². The van der Waals surface area contributed by atoms with Crippen molar-refractivity contribution in [2.45, 2.75) is 6.92 Å². The van der Waals surface area contributed by atoms with Crippen molar-refractivity contribution in [1.82, 2.24) is 10.2 Å². The van der Waals surface area contributed by atoms with Crippen LogP contribution in [0.3, 0.4) is 0 Å². The number of amides is 1. The molecule has 4 aromatic rings. The van der Waals surface area contributed by atoms with Crippen LogP contribution in [0.4, 0.5) is 5.69 Å². The Morgan fingerprint density at radius 2 is 1.96 bits per heavy atom. The average Bonchev–Trinajstić information content (AvgIpc) is 3.15. The molecule has 0 aliphatic rings. The van der Waals surface area contributed by atoms with Crippen LogP contribution >= 0.6 is 0 Å². The molecular formula is C22H19N3O2. The number of aromatic amines is 1. The lowest BCUT2D eigenvalue weighted by Gasteiger charge is -2.12. The first-order valence-electron chi connectivity index (χ1n) is 8.63. The smallest absolute Gasteiger partial charge is 0.255 e. The predicted molar refractivity (Wildman–Crippen MR) is 107 cm³/mol. The number of hydrogen-bond donors (Lipinski definition) is 2. The summed E-state index contributed by atoms with van der Waals surface area (Å²) in [5.41, 5.74) is 5.37. The van der Waals surface area contributed by atoms with Gasteiger partial charge in [-0.2, -0.15) is 5.10 Å². The number of benzene rings is 3. The molecule has 0 aliphatic carbocycles. The Kier molecular flexibility index (Phi) is 4.34. The van der Waals surface area contributed by atoms with Gasteiger partial charge in [-0.15, -0.1) is 0 Å². The van der Waals surface area contributed by atoms with Crippen LogP contribution in [-0.4, -0.2) is 23.2 Å². The molecule has 0 spiro atoms. The summed E-state index contributed by atoms with van der Waals surface area (Å²) in [4.78, 5) is 12.7. The number of carbonyl (C=O) groups excluding carboxylic acids is 1. The van der Waals surface area contributed by atoms with Crippen molar-refractivity contribution < 1.29 is 9.53 Å². The Morgan fingerprint density at radius 3 is 2.78 bits per heavy atom. The molecule has 4 rings (SSSR count). The third kappa shape index (κ3) is 3.40. The fraction of sp³-hybridized carbons (Fsp3) is 0.0909. The monoisotopic (exact) mass is 357 g/mol. The quantitative estimate of drug-likeness (QED) is 0.551. The van der Waals surface area contributed by atoms with Crippen LogP contribution in [-0.2, 0) is 0 Å². The van der Waals surface area contributed by atoms with E-state index >= 15 is 0 Å². The molecule has 0 saturated heterocycles. The zero-order valence-electron chi connectivity index (χ0n) is 15.1. The number of H-pyrrole nitrogens is 1. The highest BCUT2D eigenvalue weighted by Crippen LogP contribution is 2.31. The van der Waals surface area contributed by atoms with Crippen LogP contribution in [0.15, 0.2) is 66.9 Å². The lowest BCUT2D eigenvalue weighted by atomic mass is 10.0. The van der Waals surface area contributed by atoms with Gasteiger partial charge in [0, 0.05) is 22.2 Å². The van der Waals surface area contributed by atoms with Crippen LogP contribution in [0.5, 0.6) is 5.75 Å². The molecule has 5 nitrogen and oxygen atoms in total. The number of anilines is 1. The fourth-order valence-corrected chi connectivity index (χ4v) is 3.11. The van der Waals surface area contributed by atoms with Crippen molar-refractivity contribution in [2.24, 2.45) is 0 Å². The number of nitrogens with zero attached hydrogens (tertiary/aromatic N) is 1. The molecule has 134 valence electrons. The van der Waals surface area contributed by atoms with Crippen LogP contribution in [0.2, 0.25) is 0 Å². The van der Waals surface area contributed by atoms with E-state index in [1.165, 1.54) is 5.56 Å². The van der Waals surface area contributed by atoms with E-state index in [1.807, 2.05) is 42.5 Å². The summed E-state index contributed by atoms with van der Waals surface area (Å²) < 4.78 is 5.54. The Bertz CT molecular complexity index is 1130. The highest BCUT2D eigenvalue weighted by atomic mass is 16.5. The molecule has 2 N–H and O–H groups in total. The second-order valence-electron chi connectivity index (χ2n) is 6.41. The summed E-state index contributed by atoms with van der Waals surface area (Å²) in [6.45, 7) is 2.05. The molecule has 1 heterocycles. The number of carbonyl (C=O) groups is 1. The van der Waals surface area contributed by atoms with Crippen molar-refractivity contribution in [3.8, 4) is 16.9 Å². The number of hydrogen-bond acceptors (Lipinski definition) is 3. The molecule has 1 aromatic heterocycles. The molecule has 0 saturated carbocycles. The average molecular weight is 357 g/mol. The Hall–Kier alpha value is -3.60. The van der Waals surface area contributed by atoms with E-state index < -0.39 is 0 Å². The number of ether oxygens (including phenoxy) is 1. The van der Waals surface area contributed by atoms with E-state index in [2.05, 4.69) is 34.6 Å². The maximum absolute atomic E-state index is 12.7. The first-order chi connectivity index (χ1) is 13.1. The molecule has 0 bridgehead atoms. The van der Waals surface area contributed by atoms with Gasteiger partial charge in [-0.3, -0.25) is 9.89 Å². The normalized spacial score (nSPS) is 10.7. The minimum absolute atomic E-state index is 0.188. The first-order valence-corrected chi connectivity index (χ1v) is 8.63. The number of fused-ring (bicyclic) bond motifs is 1. The van der Waals surface area contributed by atoms with Crippen LogP contribution in [0, 0.1) is 6.92 Å². The molecule has 0 fully saturated rings. The Balaban J connectivity index is 1.62. The number of nitrogens with one attached hydrogen (secondary N) is 2. The zero-order valence-corrected chi connectivity index (χ0v) is 15.1. The molecule has 27 heavy (non-hydrogen) atoms. The zero-order chi connectivity index (χ0) is 18.8. The Labute approximate surface area is 157 Å². The number of aryl methyl sites for hydroxylation is 1. The molecule has 0 aliphatic heterocycles. The second kappa shape index (κ2) is 6.96. The fourth-order valence-electron chi connectivity index (χ4n) is 3.11. The highest BCUT2D eigenvalue weighted by molar-refractivity contribution is 6.05. The third-order valence-corrected chi connectivity index (χ3v) is 4.49. The lowest BCUT2D eigenvalue weighted by Crippen LogP contribution is -2.12. The number of rotatable bonds is 4. The maximum Gasteiger partial charge on any atom is 0.255 e. The first kappa shape index (κ1) is 16.8. The van der Waals surface area contributed by atoms with Gasteiger partial charge in [0.05, 0.1) is 18.8 Å². The minimum Gasteiger partial charge on any atom is -0.496 e. The van der Waals surface area contributed by atoms with Gasteiger partial charge in [-0.1, -0.05) is 29.8 Å². The third-order valence-electron chi connectivity index (χ3n) is 4.49. The van der Waals surface area contributed by atoms with E-state index in [4.69, 9.17) is 4.74 Å². The van der Waals surface area contributed by atoms with E-state index in [9.17, 15) is 4.79 Å². The Morgan fingerprint density at radius 1 is 1.07 bits per heavy atom. The lowest BCUT2D eigenvalue weighted by molar-refractivity contribution is 0.102. The second-order valence-corrected chi connectivity index (χ2v) is 6.41. The summed E-state index contributed by atoms with van der Waals surface area (Å²) in [5.74, 6) is 0.477. The summed E-state index contributed by atoms with van der Waals surface area (Å²) in [5, 5.41) is 10.8. The summed E-state index contributed by atoms with van der Waals surface area (Å²) in [6.07, 6.45) is 1.73. The van der Waals surface area contributed by atoms with Gasteiger partial charge in [-0.05, 0) is 48.9 Å². The predicted octanol–water partition coefficient (Wildman–Crippen LogP) is 4.80. The van der Waals surface area contributed by atoms with Crippen molar-refractivity contribution in [2.75, 3.05) is 12.4 Å². The van der Waals surface area contributed by atoms with Crippen molar-refractivity contribution in [1.29, 1.82) is 0 Å². The number of methoxy groups -OCH3 is 1. The van der Waals surface area contributed by atoms with Gasteiger partial charge in [0.25, 0.3) is 5.91 Å². The molecule has 1 amide bonds. The number of aromatic nitrogens is 2. The van der Waals surface area contributed by atoms with Crippen LogP contribution in [0.25, 0.3) is 22.0 Å². The van der Waals surface area contributed by atoms with Gasteiger partial charge < -0.3 is 10.1 Å². The summed E-state index contributed by atoms with van der Waals surface area (Å²) in [7, 11) is 1.61. The van der Waals surface area contributed by atoms with Crippen molar-refractivity contribution in [3.63, 3.8) is 0 Å². The van der Waals surface area contributed by atoms with Gasteiger partial charge in [0.15, 0.2) is 0 Å². The van der Waals surface area contributed by atoms with E-state index in [0.717, 1.165) is 27.7 Å². The minimum atomic E-state index is -0.188. The van der Waals surface area contributed by atoms with E-state index in [0.29, 0.717) is 11.3 Å². The molecule has 0 radical (unpaired) electrons. The largest absolute Gasteiger partial charge is 0.496 e. The van der Waals surface area contributed by atoms with Gasteiger partial charge >= 0.3 is 0 Å². The SMILES string of the molecule is COc1cc(C(=O)Nc2ccc3[nH]ncc3c2)ccc1-c1cccc(C)c1. The molecule has 5 heteroatoms. The standard InChI is InChI=1S/C22H19N3O2/c1-14-4-3-5-15(10-14)19-8-6-16(12-21(19)27-2)22(26)24-18-7-9-20-17(11-18)13-23-25-20/h3-13H,1-2H3,(H,23,25)(H,24,26). The molecule has 0 unspecified atom stereocenters. The topological polar surface area (TPSA) is 67.0 Å². The maximum atomic E-state index is 12.7. The van der Waals surface area contributed by atoms with Crippen molar-refractivity contribution >= 4 is 22.5 Å². The summed E-state index contributed by atoms with van der Waals surface area (Å²) >= 11 is 0. The molecular weight excluding hydrogens is 338 g/mol. The van der Waals surface area contributed by atoms with Crippen LogP contribution in [0.1, 0.15) is 15.9 Å². The van der Waals surface area contributed by atoms with E-state index in [-0.39, 0.29) is 5.91 Å². The van der Waals surface area contributed by atoms with Gasteiger partial charge in [0.2, 0.25) is 0 Å². The van der Waals surface area contributed by atoms with Gasteiger partial charge in [0.1, 0.15) is 5.75 Å². The molecule has 3 aromatic carbocycles. The van der Waals surface area contributed by atoms with E-state index in [1.54, 1.807) is 19.4 Å². The van der Waals surface area contributed by atoms with Gasteiger partial charge in [-0.25, -0.2) is 0 Å².